The van der Waals surface area contributed by atoms with E-state index in [9.17, 15) is 4.79 Å². The first-order valence-electron chi connectivity index (χ1n) is 3.57. The SMILES string of the molecule is O=C(O)C1(Cl)CCCCC1.[GaH3]. The Hall–Kier alpha value is 0.396. The molecule has 64 valence electrons. The van der Waals surface area contributed by atoms with Gasteiger partial charge in [-0.2, -0.15) is 0 Å². The maximum absolute atomic E-state index is 10.5. The topological polar surface area (TPSA) is 37.3 Å². The van der Waals surface area contributed by atoms with Crippen LogP contribution in [-0.2, 0) is 4.79 Å². The van der Waals surface area contributed by atoms with Crippen LogP contribution in [0.4, 0.5) is 0 Å². The Labute approximate surface area is 84.4 Å². The average molecular weight is 235 g/mol. The van der Waals surface area contributed by atoms with E-state index in [1.54, 1.807) is 0 Å². The van der Waals surface area contributed by atoms with E-state index < -0.39 is 10.8 Å². The van der Waals surface area contributed by atoms with Crippen molar-refractivity contribution >= 4 is 37.4 Å². The third kappa shape index (κ3) is 2.73. The second kappa shape index (κ2) is 4.43. The van der Waals surface area contributed by atoms with Crippen LogP contribution in [0.3, 0.4) is 0 Å². The van der Waals surface area contributed by atoms with E-state index in [2.05, 4.69) is 0 Å². The van der Waals surface area contributed by atoms with Crippen molar-refractivity contribution in [2.24, 2.45) is 0 Å². The molecule has 1 fully saturated rings. The summed E-state index contributed by atoms with van der Waals surface area (Å²) < 4.78 is 0. The molecule has 4 heteroatoms. The quantitative estimate of drug-likeness (QED) is 0.540. The van der Waals surface area contributed by atoms with Gasteiger partial charge in [0.25, 0.3) is 0 Å². The first-order valence-corrected chi connectivity index (χ1v) is 3.95. The summed E-state index contributed by atoms with van der Waals surface area (Å²) in [5.74, 6) is -0.853. The number of carboxylic acid groups (broad SMARTS) is 1. The van der Waals surface area contributed by atoms with E-state index in [4.69, 9.17) is 16.7 Å². The molecule has 0 saturated heterocycles. The zero-order valence-corrected chi connectivity index (χ0v) is 6.52. The predicted octanol–water partition coefficient (Wildman–Crippen LogP) is 0.829. The van der Waals surface area contributed by atoms with Crippen molar-refractivity contribution in [1.29, 1.82) is 0 Å². The Morgan fingerprint density at radius 3 is 2.00 bits per heavy atom. The molecule has 0 bridgehead atoms. The standard InChI is InChI=1S/C7H11ClO2.Ga.3H/c8-7(6(9)10)4-2-1-3-5-7;;;;/h1-5H2,(H,9,10);;;;. The first kappa shape index (κ1) is 11.4. The minimum atomic E-state index is -0.932. The summed E-state index contributed by atoms with van der Waals surface area (Å²) in [6.45, 7) is 0. The molecule has 0 aromatic carbocycles. The number of halogens is 1. The summed E-state index contributed by atoms with van der Waals surface area (Å²) in [6.07, 6.45) is 4.29. The van der Waals surface area contributed by atoms with Crippen LogP contribution >= 0.6 is 11.6 Å². The summed E-state index contributed by atoms with van der Waals surface area (Å²) >= 11 is 5.81. The molecule has 0 radical (unpaired) electrons. The fourth-order valence-electron chi connectivity index (χ4n) is 1.33. The molecular weight excluding hydrogens is 221 g/mol. The average Bonchev–Trinajstić information content (AvgIpc) is 1.89. The molecule has 0 aliphatic heterocycles. The van der Waals surface area contributed by atoms with Gasteiger partial charge in [0.05, 0.1) is 0 Å². The number of alkyl halides is 1. The molecule has 0 aromatic rings. The number of carboxylic acids is 1. The molecule has 0 heterocycles. The number of hydrogen-bond donors (Lipinski definition) is 1. The number of rotatable bonds is 1. The van der Waals surface area contributed by atoms with Crippen LogP contribution in [0.1, 0.15) is 32.1 Å². The Balaban J connectivity index is 0.000001000. The third-order valence-electron chi connectivity index (χ3n) is 2.03. The van der Waals surface area contributed by atoms with Gasteiger partial charge in [0.2, 0.25) is 0 Å². The second-order valence-corrected chi connectivity index (χ2v) is 3.55. The van der Waals surface area contributed by atoms with Gasteiger partial charge in [-0.05, 0) is 12.8 Å². The van der Waals surface area contributed by atoms with Gasteiger partial charge >= 0.3 is 25.8 Å². The van der Waals surface area contributed by atoms with Crippen molar-refractivity contribution in [3.63, 3.8) is 0 Å². The summed E-state index contributed by atoms with van der Waals surface area (Å²) in [7, 11) is 0. The van der Waals surface area contributed by atoms with Crippen molar-refractivity contribution in [2.45, 2.75) is 37.0 Å². The van der Waals surface area contributed by atoms with Crippen molar-refractivity contribution < 1.29 is 9.90 Å². The van der Waals surface area contributed by atoms with Gasteiger partial charge < -0.3 is 5.11 Å². The van der Waals surface area contributed by atoms with Crippen molar-refractivity contribution in [1.82, 2.24) is 0 Å². The Morgan fingerprint density at radius 2 is 1.73 bits per heavy atom. The van der Waals surface area contributed by atoms with Gasteiger partial charge in [-0.1, -0.05) is 19.3 Å². The van der Waals surface area contributed by atoms with Crippen molar-refractivity contribution in [3.05, 3.63) is 0 Å². The number of aliphatic carboxylic acids is 1. The van der Waals surface area contributed by atoms with Gasteiger partial charge in [-0.15, -0.1) is 11.6 Å². The fraction of sp³-hybridized carbons (Fsp3) is 0.857. The van der Waals surface area contributed by atoms with E-state index in [1.807, 2.05) is 0 Å². The molecule has 0 atom stereocenters. The molecule has 0 aromatic heterocycles. The minimum absolute atomic E-state index is 0. The van der Waals surface area contributed by atoms with Gasteiger partial charge in [-0.3, -0.25) is 4.79 Å². The Kier molecular flexibility index (Phi) is 4.59. The van der Waals surface area contributed by atoms with Crippen LogP contribution in [-0.4, -0.2) is 35.7 Å². The Bertz CT molecular complexity index is 143. The van der Waals surface area contributed by atoms with E-state index in [-0.39, 0.29) is 19.8 Å². The zero-order valence-electron chi connectivity index (χ0n) is 5.77. The third-order valence-corrected chi connectivity index (χ3v) is 2.57. The van der Waals surface area contributed by atoms with Crippen molar-refractivity contribution in [2.75, 3.05) is 0 Å². The molecule has 11 heavy (non-hydrogen) atoms. The monoisotopic (exact) mass is 234 g/mol. The molecule has 2 nitrogen and oxygen atoms in total. The van der Waals surface area contributed by atoms with Gasteiger partial charge in [0.1, 0.15) is 4.87 Å². The van der Waals surface area contributed by atoms with Crippen LogP contribution in [0.5, 0.6) is 0 Å². The maximum atomic E-state index is 10.5. The normalized spacial score (nSPS) is 21.9. The molecule has 0 unspecified atom stereocenters. The van der Waals surface area contributed by atoms with Gasteiger partial charge in [0.15, 0.2) is 0 Å². The molecule has 1 aliphatic rings. The predicted molar refractivity (Wildman–Crippen MR) is 49.2 cm³/mol. The Morgan fingerprint density at radius 1 is 1.27 bits per heavy atom. The first-order chi connectivity index (χ1) is 4.65. The van der Waals surface area contributed by atoms with E-state index in [1.165, 1.54) is 0 Å². The second-order valence-electron chi connectivity index (χ2n) is 2.83. The van der Waals surface area contributed by atoms with Crippen LogP contribution in [0, 0.1) is 0 Å². The molecule has 0 spiro atoms. The number of carbonyl (C=O) groups is 1. The zero-order chi connectivity index (χ0) is 7.61. The van der Waals surface area contributed by atoms with Crippen molar-refractivity contribution in [3.8, 4) is 0 Å². The van der Waals surface area contributed by atoms with Crippen LogP contribution in [0.2, 0.25) is 0 Å². The van der Waals surface area contributed by atoms with E-state index >= 15 is 0 Å². The summed E-state index contributed by atoms with van der Waals surface area (Å²) in [5.41, 5.74) is 0. The molecule has 1 N–H and O–H groups in total. The molecular formula is C7H14ClGaO2. The van der Waals surface area contributed by atoms with E-state index in [0.29, 0.717) is 12.8 Å². The van der Waals surface area contributed by atoms with Crippen LogP contribution < -0.4 is 0 Å². The molecule has 1 aliphatic carbocycles. The number of hydrogen-bond acceptors (Lipinski definition) is 1. The van der Waals surface area contributed by atoms with Gasteiger partial charge in [0, 0.05) is 0 Å². The summed E-state index contributed by atoms with van der Waals surface area (Å²) in [6, 6.07) is 0. The fourth-order valence-corrected chi connectivity index (χ4v) is 1.59. The van der Waals surface area contributed by atoms with Crippen LogP contribution in [0.15, 0.2) is 0 Å². The van der Waals surface area contributed by atoms with Crippen LogP contribution in [0.25, 0.3) is 0 Å². The van der Waals surface area contributed by atoms with Gasteiger partial charge in [-0.25, -0.2) is 0 Å². The summed E-state index contributed by atoms with van der Waals surface area (Å²) in [5, 5.41) is 8.67. The van der Waals surface area contributed by atoms with E-state index in [0.717, 1.165) is 19.3 Å². The summed E-state index contributed by atoms with van der Waals surface area (Å²) in [4.78, 5) is 9.61. The molecule has 0 amide bonds. The molecule has 1 rings (SSSR count). The molecule has 1 saturated carbocycles.